The maximum Gasteiger partial charge on any atom is 0.319 e. The Morgan fingerprint density at radius 2 is 1.86 bits per heavy atom. The largest absolute Gasteiger partial charge is 0.497 e. The lowest BCUT2D eigenvalue weighted by molar-refractivity contribution is 0.0200. The van der Waals surface area contributed by atoms with E-state index in [9.17, 15) is 9.18 Å². The Balaban J connectivity index is 1.35. The molecule has 5 nitrogen and oxygen atoms in total. The summed E-state index contributed by atoms with van der Waals surface area (Å²) in [7, 11) is 1.68. The summed E-state index contributed by atoms with van der Waals surface area (Å²) in [5.41, 5.74) is 1.76. The molecule has 0 aromatic heterocycles. The second-order valence-corrected chi connectivity index (χ2v) is 8.04. The second-order valence-electron chi connectivity index (χ2n) is 8.04. The van der Waals surface area contributed by atoms with Crippen LogP contribution in [0, 0.1) is 5.82 Å². The molecule has 2 saturated heterocycles. The van der Waals surface area contributed by atoms with Gasteiger partial charge in [-0.15, -0.1) is 0 Å². The maximum absolute atomic E-state index is 13.3. The van der Waals surface area contributed by atoms with E-state index in [0.29, 0.717) is 17.8 Å². The maximum atomic E-state index is 13.3. The molecule has 0 saturated carbocycles. The summed E-state index contributed by atoms with van der Waals surface area (Å²) in [4.78, 5) is 15.0. The van der Waals surface area contributed by atoms with Gasteiger partial charge in [0.1, 0.15) is 11.6 Å². The predicted octanol–water partition coefficient (Wildman–Crippen LogP) is 4.54. The van der Waals surface area contributed by atoms with Crippen LogP contribution >= 0.6 is 0 Å². The highest BCUT2D eigenvalue weighted by atomic mass is 19.1. The zero-order valence-electron chi connectivity index (χ0n) is 16.7. The van der Waals surface area contributed by atoms with Crippen LogP contribution in [0.1, 0.15) is 37.7 Å². The van der Waals surface area contributed by atoms with Gasteiger partial charge < -0.3 is 15.4 Å². The van der Waals surface area contributed by atoms with Crippen molar-refractivity contribution < 1.29 is 13.9 Å². The van der Waals surface area contributed by atoms with Gasteiger partial charge in [-0.2, -0.15) is 0 Å². The molecule has 154 valence electrons. The summed E-state index contributed by atoms with van der Waals surface area (Å²) < 4.78 is 18.6. The number of hydrogen-bond acceptors (Lipinski definition) is 3. The molecule has 0 radical (unpaired) electrons. The smallest absolute Gasteiger partial charge is 0.319 e. The lowest BCUT2D eigenvalue weighted by Crippen LogP contribution is -2.56. The van der Waals surface area contributed by atoms with Crippen LogP contribution in [0.5, 0.6) is 5.75 Å². The van der Waals surface area contributed by atoms with Gasteiger partial charge in [-0.25, -0.2) is 9.18 Å². The number of halogens is 1. The first-order valence-corrected chi connectivity index (χ1v) is 10.3. The average molecular weight is 397 g/mol. The number of ether oxygens (including phenoxy) is 1. The number of hydrogen-bond donors (Lipinski definition) is 2. The van der Waals surface area contributed by atoms with Gasteiger partial charge in [0.2, 0.25) is 0 Å². The van der Waals surface area contributed by atoms with Crippen molar-refractivity contribution in [2.45, 2.75) is 56.8 Å². The standard InChI is InChI=1S/C23H28FN3O2/c1-29-22-10-8-16(9-11-22)15-27-20-6-3-7-21(27)14-19(13-20)26-23(28)25-18-5-2-4-17(24)12-18/h2,4-5,8-12,19-21H,3,6-7,13-15H2,1H3,(H2,25,26,28)/t19?,20-,21+. The Morgan fingerprint density at radius 3 is 2.52 bits per heavy atom. The molecule has 3 atom stereocenters. The van der Waals surface area contributed by atoms with E-state index in [1.54, 1.807) is 19.2 Å². The Labute approximate surface area is 171 Å². The van der Waals surface area contributed by atoms with E-state index in [4.69, 9.17) is 4.74 Å². The van der Waals surface area contributed by atoms with Crippen LogP contribution in [0.2, 0.25) is 0 Å². The highest BCUT2D eigenvalue weighted by molar-refractivity contribution is 5.89. The molecule has 0 spiro atoms. The predicted molar refractivity (Wildman–Crippen MR) is 112 cm³/mol. The highest BCUT2D eigenvalue weighted by Crippen LogP contribution is 2.35. The summed E-state index contributed by atoms with van der Waals surface area (Å²) in [6.45, 7) is 0.932. The Kier molecular flexibility index (Phi) is 6.00. The van der Waals surface area contributed by atoms with Crippen molar-refractivity contribution >= 4 is 11.7 Å². The number of carbonyl (C=O) groups excluding carboxylic acids is 1. The number of rotatable bonds is 5. The van der Waals surface area contributed by atoms with Crippen molar-refractivity contribution in [1.29, 1.82) is 0 Å². The summed E-state index contributed by atoms with van der Waals surface area (Å²) in [5, 5.41) is 5.84. The SMILES string of the molecule is COc1ccc(CN2[C@@H]3CCC[C@H]2CC(NC(=O)Nc2cccc(F)c2)C3)cc1. The lowest BCUT2D eigenvalue weighted by Gasteiger charge is -2.49. The monoisotopic (exact) mass is 397 g/mol. The number of carbonyl (C=O) groups is 1. The number of piperidine rings is 2. The Hall–Kier alpha value is -2.60. The van der Waals surface area contributed by atoms with Crippen molar-refractivity contribution in [3.63, 3.8) is 0 Å². The summed E-state index contributed by atoms with van der Waals surface area (Å²) in [6.07, 6.45) is 5.47. The topological polar surface area (TPSA) is 53.6 Å². The molecule has 0 aliphatic carbocycles. The molecule has 2 bridgehead atoms. The van der Waals surface area contributed by atoms with Gasteiger partial charge in [-0.1, -0.05) is 24.6 Å². The van der Waals surface area contributed by atoms with Gasteiger partial charge >= 0.3 is 6.03 Å². The van der Waals surface area contributed by atoms with Gasteiger partial charge in [0.25, 0.3) is 0 Å². The summed E-state index contributed by atoms with van der Waals surface area (Å²) in [6, 6.07) is 15.1. The van der Waals surface area contributed by atoms with E-state index < -0.39 is 0 Å². The molecule has 2 aromatic carbocycles. The van der Waals surface area contributed by atoms with E-state index >= 15 is 0 Å². The van der Waals surface area contributed by atoms with Crippen LogP contribution in [0.4, 0.5) is 14.9 Å². The molecule has 2 N–H and O–H groups in total. The number of fused-ring (bicyclic) bond motifs is 2. The quantitative estimate of drug-likeness (QED) is 0.779. The van der Waals surface area contributed by atoms with Gasteiger partial charge in [0.15, 0.2) is 0 Å². The molecule has 29 heavy (non-hydrogen) atoms. The molecule has 2 aromatic rings. The fraction of sp³-hybridized carbons (Fsp3) is 0.435. The number of nitrogens with zero attached hydrogens (tertiary/aromatic N) is 1. The zero-order chi connectivity index (χ0) is 20.2. The number of nitrogens with one attached hydrogen (secondary N) is 2. The normalized spacial score (nSPS) is 24.0. The summed E-state index contributed by atoms with van der Waals surface area (Å²) >= 11 is 0. The van der Waals surface area contributed by atoms with Crippen molar-refractivity contribution in [3.8, 4) is 5.75 Å². The van der Waals surface area contributed by atoms with E-state index in [0.717, 1.165) is 38.0 Å². The van der Waals surface area contributed by atoms with E-state index in [1.807, 2.05) is 12.1 Å². The third-order valence-electron chi connectivity index (χ3n) is 6.07. The lowest BCUT2D eigenvalue weighted by atomic mass is 9.81. The summed E-state index contributed by atoms with van der Waals surface area (Å²) in [5.74, 6) is 0.519. The molecule has 2 heterocycles. The fourth-order valence-corrected chi connectivity index (χ4v) is 4.72. The molecule has 1 unspecified atom stereocenters. The number of amides is 2. The van der Waals surface area contributed by atoms with Crippen LogP contribution in [-0.2, 0) is 6.54 Å². The number of benzene rings is 2. The van der Waals surface area contributed by atoms with E-state index in [1.165, 1.54) is 24.1 Å². The van der Waals surface area contributed by atoms with Crippen molar-refractivity contribution in [1.82, 2.24) is 10.2 Å². The first-order chi connectivity index (χ1) is 14.1. The minimum Gasteiger partial charge on any atom is -0.497 e. The van der Waals surface area contributed by atoms with Crippen molar-refractivity contribution in [3.05, 3.63) is 59.9 Å². The zero-order valence-corrected chi connectivity index (χ0v) is 16.7. The third-order valence-corrected chi connectivity index (χ3v) is 6.07. The minimum atomic E-state index is -0.357. The Morgan fingerprint density at radius 1 is 1.14 bits per heavy atom. The fourth-order valence-electron chi connectivity index (χ4n) is 4.72. The third kappa shape index (κ3) is 4.88. The van der Waals surface area contributed by atoms with Crippen LogP contribution in [0.3, 0.4) is 0 Å². The number of urea groups is 1. The highest BCUT2D eigenvalue weighted by Gasteiger charge is 2.38. The second kappa shape index (κ2) is 8.82. The number of anilines is 1. The van der Waals surface area contributed by atoms with Crippen molar-refractivity contribution in [2.75, 3.05) is 12.4 Å². The van der Waals surface area contributed by atoms with Gasteiger partial charge in [-0.3, -0.25) is 4.90 Å². The molecule has 2 amide bonds. The van der Waals surface area contributed by atoms with Crippen LogP contribution < -0.4 is 15.4 Å². The molecular formula is C23H28FN3O2. The molecule has 2 aliphatic heterocycles. The van der Waals surface area contributed by atoms with Gasteiger partial charge in [-0.05, 0) is 61.6 Å². The van der Waals surface area contributed by atoms with Crippen LogP contribution in [-0.4, -0.2) is 36.2 Å². The minimum absolute atomic E-state index is 0.144. The van der Waals surface area contributed by atoms with E-state index in [2.05, 4.69) is 27.7 Å². The van der Waals surface area contributed by atoms with Gasteiger partial charge in [0.05, 0.1) is 7.11 Å². The molecule has 6 heteroatoms. The van der Waals surface area contributed by atoms with E-state index in [-0.39, 0.29) is 17.9 Å². The molecule has 2 aliphatic rings. The molecule has 4 rings (SSSR count). The molecular weight excluding hydrogens is 369 g/mol. The van der Waals surface area contributed by atoms with Crippen LogP contribution in [0.25, 0.3) is 0 Å². The Bertz CT molecular complexity index is 828. The number of methoxy groups -OCH3 is 1. The average Bonchev–Trinajstić information content (AvgIpc) is 2.69. The van der Waals surface area contributed by atoms with Crippen LogP contribution in [0.15, 0.2) is 48.5 Å². The molecule has 2 fully saturated rings. The van der Waals surface area contributed by atoms with Gasteiger partial charge in [0, 0.05) is 30.4 Å². The first kappa shape index (κ1) is 19.7. The van der Waals surface area contributed by atoms with Crippen molar-refractivity contribution in [2.24, 2.45) is 0 Å². The first-order valence-electron chi connectivity index (χ1n) is 10.3.